The van der Waals surface area contributed by atoms with Gasteiger partial charge in [0.05, 0.1) is 23.6 Å². The van der Waals surface area contributed by atoms with Crippen LogP contribution in [-0.2, 0) is 5.41 Å². The number of nitriles is 1. The molecule has 0 spiro atoms. The largest absolute Gasteiger partial charge is 0.395 e. The number of aromatic nitrogens is 2. The Hall–Kier alpha value is -3.44. The number of fused-ring (bicyclic) bond motifs is 1. The summed E-state index contributed by atoms with van der Waals surface area (Å²) in [5.74, 6) is 0.922. The maximum Gasteiger partial charge on any atom is 0.251 e. The first kappa shape index (κ1) is 19.3. The fourth-order valence-electron chi connectivity index (χ4n) is 3.10. The molecule has 0 fully saturated rings. The smallest absolute Gasteiger partial charge is 0.251 e. The fourth-order valence-corrected chi connectivity index (χ4v) is 3.10. The molecular weight excluding hydrogens is 354 g/mol. The van der Waals surface area contributed by atoms with Crippen LogP contribution < -0.4 is 10.7 Å². The maximum atomic E-state index is 9.85. The molecule has 1 aromatic carbocycles. The number of hydrazine groups is 1. The van der Waals surface area contributed by atoms with Crippen molar-refractivity contribution in [3.63, 3.8) is 0 Å². The van der Waals surface area contributed by atoms with E-state index in [0.717, 1.165) is 16.8 Å². The van der Waals surface area contributed by atoms with Crippen molar-refractivity contribution in [1.29, 1.82) is 5.26 Å². The number of amidine groups is 1. The van der Waals surface area contributed by atoms with Crippen molar-refractivity contribution in [3.8, 4) is 17.3 Å². The highest BCUT2D eigenvalue weighted by Gasteiger charge is 2.35. The molecule has 0 aliphatic carbocycles. The van der Waals surface area contributed by atoms with E-state index >= 15 is 0 Å². The van der Waals surface area contributed by atoms with Crippen molar-refractivity contribution in [2.75, 3.05) is 25.5 Å². The Labute approximate surface area is 164 Å². The topological polar surface area (TPSA) is 109 Å². The highest BCUT2D eigenvalue weighted by atomic mass is 16.3. The molecular formula is C20H23N7O. The Kier molecular flexibility index (Phi) is 5.29. The zero-order valence-corrected chi connectivity index (χ0v) is 16.2. The average Bonchev–Trinajstić information content (AvgIpc) is 3.04. The van der Waals surface area contributed by atoms with Crippen LogP contribution in [0, 0.1) is 11.3 Å². The van der Waals surface area contributed by atoms with E-state index in [4.69, 9.17) is 0 Å². The number of aliphatic imine (C=N–C) groups is 1. The van der Waals surface area contributed by atoms with Crippen LogP contribution in [0.4, 0.5) is 11.6 Å². The molecule has 0 unspecified atom stereocenters. The van der Waals surface area contributed by atoms with E-state index in [1.807, 2.05) is 20.0 Å². The third kappa shape index (κ3) is 3.66. The Morgan fingerprint density at radius 3 is 3.04 bits per heavy atom. The van der Waals surface area contributed by atoms with Crippen molar-refractivity contribution in [3.05, 3.63) is 48.3 Å². The summed E-state index contributed by atoms with van der Waals surface area (Å²) in [6.45, 7) is 8.01. The van der Waals surface area contributed by atoms with Gasteiger partial charge in [0.15, 0.2) is 0 Å². The van der Waals surface area contributed by atoms with E-state index in [1.54, 1.807) is 36.5 Å². The predicted molar refractivity (Wildman–Crippen MR) is 109 cm³/mol. The first-order valence-electron chi connectivity index (χ1n) is 8.84. The fraction of sp³-hybridized carbons (Fsp3) is 0.300. The number of hydrogen-bond acceptors (Lipinski definition) is 7. The van der Waals surface area contributed by atoms with E-state index in [-0.39, 0.29) is 6.61 Å². The quantitative estimate of drug-likeness (QED) is 0.417. The third-order valence-electron chi connectivity index (χ3n) is 4.73. The molecule has 0 amide bonds. The number of hydrogen-bond donors (Lipinski definition) is 3. The van der Waals surface area contributed by atoms with Gasteiger partial charge >= 0.3 is 0 Å². The zero-order valence-electron chi connectivity index (χ0n) is 16.2. The number of aliphatic hydroxyl groups is 1. The summed E-state index contributed by atoms with van der Waals surface area (Å²) in [5, 5.41) is 24.3. The predicted octanol–water partition coefficient (Wildman–Crippen LogP) is 2.32. The lowest BCUT2D eigenvalue weighted by Gasteiger charge is -2.21. The minimum Gasteiger partial charge on any atom is -0.395 e. The maximum absolute atomic E-state index is 9.85. The van der Waals surface area contributed by atoms with Gasteiger partial charge in [-0.1, -0.05) is 13.5 Å². The first-order chi connectivity index (χ1) is 13.4. The van der Waals surface area contributed by atoms with Crippen LogP contribution in [0.5, 0.6) is 0 Å². The summed E-state index contributed by atoms with van der Waals surface area (Å²) in [7, 11) is 1.81. The number of nitrogens with zero attached hydrogens (tertiary/aromatic N) is 5. The molecule has 0 radical (unpaired) electrons. The third-order valence-corrected chi connectivity index (χ3v) is 4.73. The van der Waals surface area contributed by atoms with Gasteiger partial charge in [-0.25, -0.2) is 9.97 Å². The summed E-state index contributed by atoms with van der Waals surface area (Å²) < 4.78 is 0. The van der Waals surface area contributed by atoms with Crippen LogP contribution in [0.25, 0.3) is 11.3 Å². The zero-order chi connectivity index (χ0) is 20.3. The summed E-state index contributed by atoms with van der Waals surface area (Å²) >= 11 is 0. The Bertz CT molecular complexity index is 979. The van der Waals surface area contributed by atoms with Crippen LogP contribution in [0.2, 0.25) is 0 Å². The molecule has 3 rings (SSSR count). The lowest BCUT2D eigenvalue weighted by molar-refractivity contribution is 0.219. The van der Waals surface area contributed by atoms with Gasteiger partial charge < -0.3 is 10.4 Å². The highest BCUT2D eigenvalue weighted by Crippen LogP contribution is 2.41. The van der Waals surface area contributed by atoms with Gasteiger partial charge in [-0.05, 0) is 30.7 Å². The van der Waals surface area contributed by atoms with E-state index in [1.165, 1.54) is 0 Å². The van der Waals surface area contributed by atoms with Gasteiger partial charge in [-0.3, -0.25) is 10.4 Å². The molecule has 28 heavy (non-hydrogen) atoms. The summed E-state index contributed by atoms with van der Waals surface area (Å²) in [6.07, 6.45) is 3.25. The second-order valence-electron chi connectivity index (χ2n) is 6.97. The molecule has 1 atom stereocenters. The van der Waals surface area contributed by atoms with Gasteiger partial charge in [0.25, 0.3) is 5.95 Å². The van der Waals surface area contributed by atoms with Gasteiger partial charge in [-0.2, -0.15) is 10.3 Å². The average molecular weight is 377 g/mol. The second-order valence-corrected chi connectivity index (χ2v) is 6.97. The molecule has 1 aromatic heterocycles. The van der Waals surface area contributed by atoms with Crippen molar-refractivity contribution >= 4 is 17.5 Å². The van der Waals surface area contributed by atoms with Gasteiger partial charge in [-0.15, -0.1) is 0 Å². The van der Waals surface area contributed by atoms with Crippen LogP contribution in [-0.4, -0.2) is 46.1 Å². The Morgan fingerprint density at radius 2 is 2.36 bits per heavy atom. The van der Waals surface area contributed by atoms with Crippen LogP contribution in [0.15, 0.2) is 42.2 Å². The van der Waals surface area contributed by atoms with Crippen LogP contribution in [0.3, 0.4) is 0 Å². The molecule has 8 heteroatoms. The molecule has 2 aromatic rings. The Balaban J connectivity index is 2.01. The van der Waals surface area contributed by atoms with E-state index in [2.05, 4.69) is 38.4 Å². The summed E-state index contributed by atoms with van der Waals surface area (Å²) in [6, 6.07) is 7.78. The van der Waals surface area contributed by atoms with E-state index in [9.17, 15) is 10.4 Å². The second kappa shape index (κ2) is 7.66. The number of rotatable bonds is 5. The van der Waals surface area contributed by atoms with Gasteiger partial charge in [0.1, 0.15) is 11.9 Å². The molecule has 8 nitrogen and oxygen atoms in total. The number of benzene rings is 1. The molecule has 1 aliphatic heterocycles. The number of nitrogens with one attached hydrogen (secondary N) is 2. The minimum absolute atomic E-state index is 0.0116. The SMILES string of the molecule is C=CN(C)NC(C)=Nc1nccc(-c2cc(C#N)c3c(c2)[C@@](C)(CO)CN3)n1. The first-order valence-corrected chi connectivity index (χ1v) is 8.84. The van der Waals surface area contributed by atoms with Crippen molar-refractivity contribution in [1.82, 2.24) is 20.4 Å². The summed E-state index contributed by atoms with van der Waals surface area (Å²) in [5.41, 5.74) is 6.23. The normalized spacial score (nSPS) is 18.0. The molecule has 1 aliphatic rings. The minimum atomic E-state index is -0.444. The van der Waals surface area contributed by atoms with Crippen molar-refractivity contribution in [2.45, 2.75) is 19.3 Å². The van der Waals surface area contributed by atoms with E-state index in [0.29, 0.717) is 29.6 Å². The number of aliphatic hydroxyl groups excluding tert-OH is 1. The van der Waals surface area contributed by atoms with Crippen LogP contribution >= 0.6 is 0 Å². The number of anilines is 1. The van der Waals surface area contributed by atoms with Crippen molar-refractivity contribution < 1.29 is 5.11 Å². The molecule has 0 bridgehead atoms. The molecule has 144 valence electrons. The molecule has 0 saturated heterocycles. The molecule has 0 saturated carbocycles. The van der Waals surface area contributed by atoms with Crippen LogP contribution in [0.1, 0.15) is 25.0 Å². The van der Waals surface area contributed by atoms with Gasteiger partial charge in [0.2, 0.25) is 0 Å². The monoisotopic (exact) mass is 377 g/mol. The lowest BCUT2D eigenvalue weighted by Crippen LogP contribution is -2.33. The Morgan fingerprint density at radius 1 is 1.57 bits per heavy atom. The van der Waals surface area contributed by atoms with E-state index < -0.39 is 5.41 Å². The van der Waals surface area contributed by atoms with Gasteiger partial charge in [0, 0.05) is 37.0 Å². The molecule has 3 N–H and O–H groups in total. The highest BCUT2D eigenvalue weighted by molar-refractivity contribution is 5.81. The standard InChI is InChI=1S/C20H23N7O/c1-5-27(4)26-13(2)24-19-22-7-6-17(25-19)14-8-15(10-21)18-16(9-14)20(3,12-28)11-23-18/h5-9,23,28H,1,11-12H2,2-4H3,(H,22,24,25,26)/t20-/m1/s1. The molecule has 2 heterocycles. The lowest BCUT2D eigenvalue weighted by atomic mass is 9.83. The van der Waals surface area contributed by atoms with Crippen molar-refractivity contribution in [2.24, 2.45) is 4.99 Å². The summed E-state index contributed by atoms with van der Waals surface area (Å²) in [4.78, 5) is 13.1.